The summed E-state index contributed by atoms with van der Waals surface area (Å²) in [6.07, 6.45) is 0. The van der Waals surface area contributed by atoms with Crippen LogP contribution in [-0.2, 0) is 13.1 Å². The molecule has 8 heteroatoms. The number of aromatic amines is 1. The van der Waals surface area contributed by atoms with E-state index in [1.165, 1.54) is 24.3 Å². The Morgan fingerprint density at radius 1 is 1.00 bits per heavy atom. The third-order valence-corrected chi connectivity index (χ3v) is 3.39. The summed E-state index contributed by atoms with van der Waals surface area (Å²) in [5, 5.41) is 12.0. The molecular formula is C17H15F2N5O. The van der Waals surface area contributed by atoms with Gasteiger partial charge in [0.05, 0.1) is 6.54 Å². The van der Waals surface area contributed by atoms with E-state index in [1.807, 2.05) is 0 Å². The molecule has 0 radical (unpaired) electrons. The summed E-state index contributed by atoms with van der Waals surface area (Å²) in [6.45, 7) is 0.351. The van der Waals surface area contributed by atoms with E-state index in [-0.39, 0.29) is 24.7 Å². The monoisotopic (exact) mass is 343 g/mol. The summed E-state index contributed by atoms with van der Waals surface area (Å²) in [7, 11) is 0. The molecule has 0 bridgehead atoms. The highest BCUT2D eigenvalue weighted by Crippen LogP contribution is 2.14. The van der Waals surface area contributed by atoms with Gasteiger partial charge in [0.15, 0.2) is 5.82 Å². The van der Waals surface area contributed by atoms with Gasteiger partial charge < -0.3 is 10.6 Å². The van der Waals surface area contributed by atoms with Crippen molar-refractivity contribution in [2.75, 3.05) is 0 Å². The van der Waals surface area contributed by atoms with Crippen LogP contribution < -0.4 is 10.6 Å². The molecule has 3 rings (SSSR count). The largest absolute Gasteiger partial charge is 0.334 e. The summed E-state index contributed by atoms with van der Waals surface area (Å²) in [5.74, 6) is 0.183. The summed E-state index contributed by atoms with van der Waals surface area (Å²) in [4.78, 5) is 16.0. The zero-order chi connectivity index (χ0) is 17.6. The van der Waals surface area contributed by atoms with Gasteiger partial charge in [0.2, 0.25) is 0 Å². The van der Waals surface area contributed by atoms with Crippen LogP contribution in [0.5, 0.6) is 0 Å². The second kappa shape index (κ2) is 7.52. The normalized spacial score (nSPS) is 10.5. The molecule has 2 aromatic carbocycles. The quantitative estimate of drug-likeness (QED) is 0.666. The average Bonchev–Trinajstić information content (AvgIpc) is 3.08. The predicted octanol–water partition coefficient (Wildman–Crippen LogP) is 2.75. The number of benzene rings is 2. The number of rotatable bonds is 5. The van der Waals surface area contributed by atoms with Crippen LogP contribution in [0.3, 0.4) is 0 Å². The maximum absolute atomic E-state index is 13.1. The summed E-state index contributed by atoms with van der Waals surface area (Å²) in [5.41, 5.74) is 1.33. The fourth-order valence-corrected chi connectivity index (χ4v) is 2.16. The van der Waals surface area contributed by atoms with Crippen LogP contribution in [0, 0.1) is 11.6 Å². The third-order valence-electron chi connectivity index (χ3n) is 3.39. The molecule has 25 heavy (non-hydrogen) atoms. The molecule has 0 saturated carbocycles. The number of nitrogens with one attached hydrogen (secondary N) is 3. The van der Waals surface area contributed by atoms with Gasteiger partial charge in [-0.25, -0.2) is 18.6 Å². The first kappa shape index (κ1) is 16.6. The maximum atomic E-state index is 13.1. The topological polar surface area (TPSA) is 82.7 Å². The molecule has 1 aromatic heterocycles. The first-order valence-electron chi connectivity index (χ1n) is 7.53. The van der Waals surface area contributed by atoms with Crippen LogP contribution in [0.15, 0.2) is 48.5 Å². The summed E-state index contributed by atoms with van der Waals surface area (Å²) in [6, 6.07) is 11.4. The molecule has 0 saturated heterocycles. The molecule has 3 N–H and O–H groups in total. The van der Waals surface area contributed by atoms with Crippen molar-refractivity contribution in [3.63, 3.8) is 0 Å². The van der Waals surface area contributed by atoms with Crippen LogP contribution in [0.25, 0.3) is 11.4 Å². The molecule has 0 fully saturated rings. The maximum Gasteiger partial charge on any atom is 0.315 e. The van der Waals surface area contributed by atoms with E-state index in [1.54, 1.807) is 24.3 Å². The number of amides is 2. The number of halogens is 2. The lowest BCUT2D eigenvalue weighted by Crippen LogP contribution is -2.34. The van der Waals surface area contributed by atoms with Crippen LogP contribution in [0.2, 0.25) is 0 Å². The number of urea groups is 1. The number of H-pyrrole nitrogens is 1. The van der Waals surface area contributed by atoms with Crippen molar-refractivity contribution >= 4 is 6.03 Å². The summed E-state index contributed by atoms with van der Waals surface area (Å²) < 4.78 is 26.0. The zero-order valence-corrected chi connectivity index (χ0v) is 13.1. The molecule has 0 aliphatic rings. The second-order valence-corrected chi connectivity index (χ2v) is 5.28. The van der Waals surface area contributed by atoms with Gasteiger partial charge in [-0.3, -0.25) is 5.10 Å². The van der Waals surface area contributed by atoms with Gasteiger partial charge in [0.25, 0.3) is 0 Å². The molecule has 0 aliphatic carbocycles. The van der Waals surface area contributed by atoms with E-state index in [0.29, 0.717) is 22.8 Å². The van der Waals surface area contributed by atoms with Crippen molar-refractivity contribution in [2.24, 2.45) is 0 Å². The molecule has 0 atom stereocenters. The standard InChI is InChI=1S/C17H15F2N5O/c18-13-6-4-12(5-7-13)16-22-15(23-24-16)10-21-17(25)20-9-11-2-1-3-14(19)8-11/h1-8H,9-10H2,(H2,20,21,25)(H,22,23,24). The molecule has 1 heterocycles. The minimum absolute atomic E-state index is 0.142. The molecule has 0 aliphatic heterocycles. The Hall–Kier alpha value is -3.29. The van der Waals surface area contributed by atoms with E-state index in [9.17, 15) is 13.6 Å². The fourth-order valence-electron chi connectivity index (χ4n) is 2.16. The Bertz CT molecular complexity index is 863. The van der Waals surface area contributed by atoms with E-state index in [0.717, 1.165) is 0 Å². The first-order chi connectivity index (χ1) is 12.1. The van der Waals surface area contributed by atoms with E-state index < -0.39 is 6.03 Å². The zero-order valence-electron chi connectivity index (χ0n) is 13.1. The molecule has 6 nitrogen and oxygen atoms in total. The number of nitrogens with zero attached hydrogens (tertiary/aromatic N) is 2. The smallest absolute Gasteiger partial charge is 0.315 e. The van der Waals surface area contributed by atoms with Crippen molar-refractivity contribution in [3.05, 3.63) is 71.6 Å². The van der Waals surface area contributed by atoms with E-state index in [4.69, 9.17) is 0 Å². The Balaban J connectivity index is 1.50. The highest BCUT2D eigenvalue weighted by atomic mass is 19.1. The molecule has 3 aromatic rings. The van der Waals surface area contributed by atoms with E-state index in [2.05, 4.69) is 25.8 Å². The SMILES string of the molecule is O=C(NCc1cccc(F)c1)NCc1nc(-c2ccc(F)cc2)n[nH]1. The average molecular weight is 343 g/mol. The van der Waals surface area contributed by atoms with Crippen molar-refractivity contribution in [2.45, 2.75) is 13.1 Å². The number of hydrogen-bond donors (Lipinski definition) is 3. The number of hydrogen-bond acceptors (Lipinski definition) is 3. The lowest BCUT2D eigenvalue weighted by molar-refractivity contribution is 0.240. The Kier molecular flexibility index (Phi) is 4.98. The van der Waals surface area contributed by atoms with E-state index >= 15 is 0 Å². The lowest BCUT2D eigenvalue weighted by Gasteiger charge is -2.06. The minimum atomic E-state index is -0.413. The minimum Gasteiger partial charge on any atom is -0.334 e. The highest BCUT2D eigenvalue weighted by Gasteiger charge is 2.07. The van der Waals surface area contributed by atoms with Gasteiger partial charge in [-0.15, -0.1) is 0 Å². The van der Waals surface area contributed by atoms with Crippen LogP contribution in [0.4, 0.5) is 13.6 Å². The van der Waals surface area contributed by atoms with Crippen LogP contribution in [0.1, 0.15) is 11.4 Å². The van der Waals surface area contributed by atoms with Gasteiger partial charge >= 0.3 is 6.03 Å². The van der Waals surface area contributed by atoms with Gasteiger partial charge in [0.1, 0.15) is 17.5 Å². The van der Waals surface area contributed by atoms with Crippen LogP contribution in [-0.4, -0.2) is 21.2 Å². The van der Waals surface area contributed by atoms with Gasteiger partial charge in [-0.05, 0) is 42.0 Å². The third kappa shape index (κ3) is 4.60. The van der Waals surface area contributed by atoms with Gasteiger partial charge in [-0.2, -0.15) is 5.10 Å². The first-order valence-corrected chi connectivity index (χ1v) is 7.53. The lowest BCUT2D eigenvalue weighted by atomic mass is 10.2. The van der Waals surface area contributed by atoms with Crippen molar-refractivity contribution in [1.29, 1.82) is 0 Å². The summed E-state index contributed by atoms with van der Waals surface area (Å²) >= 11 is 0. The Labute approximate surface area is 142 Å². The Morgan fingerprint density at radius 3 is 2.52 bits per heavy atom. The Morgan fingerprint density at radius 2 is 1.76 bits per heavy atom. The molecular weight excluding hydrogens is 328 g/mol. The van der Waals surface area contributed by atoms with Crippen molar-refractivity contribution in [1.82, 2.24) is 25.8 Å². The molecule has 128 valence electrons. The molecule has 2 amide bonds. The van der Waals surface area contributed by atoms with Gasteiger partial charge in [-0.1, -0.05) is 12.1 Å². The number of aromatic nitrogens is 3. The molecule has 0 unspecified atom stereocenters. The second-order valence-electron chi connectivity index (χ2n) is 5.28. The van der Waals surface area contributed by atoms with Crippen molar-refractivity contribution < 1.29 is 13.6 Å². The number of carbonyl (C=O) groups is 1. The predicted molar refractivity (Wildman–Crippen MR) is 87.3 cm³/mol. The van der Waals surface area contributed by atoms with Gasteiger partial charge in [0, 0.05) is 12.1 Å². The van der Waals surface area contributed by atoms with Crippen LogP contribution >= 0.6 is 0 Å². The fraction of sp³-hybridized carbons (Fsp3) is 0.118. The highest BCUT2D eigenvalue weighted by molar-refractivity contribution is 5.73. The number of carbonyl (C=O) groups excluding carboxylic acids is 1. The van der Waals surface area contributed by atoms with Crippen molar-refractivity contribution in [3.8, 4) is 11.4 Å². The molecule has 0 spiro atoms.